The molecule has 0 saturated carbocycles. The molecule has 1 atom stereocenters. The number of pyridine rings is 1. The highest BCUT2D eigenvalue weighted by Crippen LogP contribution is 2.13. The van der Waals surface area contributed by atoms with Crippen molar-refractivity contribution in [1.29, 1.82) is 0 Å². The molecular weight excluding hydrogens is 256 g/mol. The van der Waals surface area contributed by atoms with E-state index in [2.05, 4.69) is 15.2 Å². The summed E-state index contributed by atoms with van der Waals surface area (Å²) in [7, 11) is 3.54. The van der Waals surface area contributed by atoms with E-state index in [1.54, 1.807) is 30.3 Å². The van der Waals surface area contributed by atoms with Crippen LogP contribution in [-0.4, -0.2) is 66.4 Å². The van der Waals surface area contributed by atoms with Crippen LogP contribution in [-0.2, 0) is 4.79 Å². The van der Waals surface area contributed by atoms with Crippen LogP contribution in [0.3, 0.4) is 0 Å². The number of rotatable bonds is 2. The maximum absolute atomic E-state index is 12.5. The molecule has 1 aromatic heterocycles. The molecule has 0 aliphatic carbocycles. The number of carbonyl (C=O) groups is 2. The molecule has 6 heteroatoms. The Labute approximate surface area is 118 Å². The van der Waals surface area contributed by atoms with Crippen molar-refractivity contribution in [1.82, 2.24) is 20.1 Å². The molecule has 1 saturated heterocycles. The predicted octanol–water partition coefficient (Wildman–Crippen LogP) is -0.108. The Kier molecular flexibility index (Phi) is 4.34. The Morgan fingerprint density at radius 1 is 1.35 bits per heavy atom. The summed E-state index contributed by atoms with van der Waals surface area (Å²) in [4.78, 5) is 32.3. The lowest BCUT2D eigenvalue weighted by Gasteiger charge is -2.38. The molecule has 1 aliphatic heterocycles. The third kappa shape index (κ3) is 2.96. The van der Waals surface area contributed by atoms with Gasteiger partial charge in [0.2, 0.25) is 5.91 Å². The summed E-state index contributed by atoms with van der Waals surface area (Å²) in [5.74, 6) is -0.274. The van der Waals surface area contributed by atoms with Crippen LogP contribution in [0.2, 0.25) is 0 Å². The van der Waals surface area contributed by atoms with Crippen molar-refractivity contribution in [3.63, 3.8) is 0 Å². The summed E-state index contributed by atoms with van der Waals surface area (Å²) in [6.45, 7) is 3.72. The van der Waals surface area contributed by atoms with Gasteiger partial charge in [0.1, 0.15) is 6.04 Å². The number of likely N-dealkylation sites (N-methyl/N-ethyl adjacent to an activating group) is 2. The maximum atomic E-state index is 12.5. The zero-order valence-electron chi connectivity index (χ0n) is 12.1. The molecule has 108 valence electrons. The number of aryl methyl sites for hydroxylation is 1. The van der Waals surface area contributed by atoms with Gasteiger partial charge >= 0.3 is 0 Å². The molecule has 2 heterocycles. The zero-order chi connectivity index (χ0) is 14.7. The van der Waals surface area contributed by atoms with E-state index in [0.29, 0.717) is 18.7 Å². The quantitative estimate of drug-likeness (QED) is 0.819. The second-order valence-corrected chi connectivity index (χ2v) is 5.08. The van der Waals surface area contributed by atoms with Crippen LogP contribution in [0.5, 0.6) is 0 Å². The molecule has 1 aliphatic rings. The molecule has 1 N–H and O–H groups in total. The Balaban J connectivity index is 2.21. The van der Waals surface area contributed by atoms with Crippen LogP contribution in [0.4, 0.5) is 0 Å². The first-order chi connectivity index (χ1) is 9.52. The molecule has 2 amide bonds. The third-order valence-electron chi connectivity index (χ3n) is 3.55. The topological polar surface area (TPSA) is 65.5 Å². The predicted molar refractivity (Wildman–Crippen MR) is 75.4 cm³/mol. The van der Waals surface area contributed by atoms with Crippen molar-refractivity contribution in [2.24, 2.45) is 0 Å². The molecule has 0 aromatic carbocycles. The third-order valence-corrected chi connectivity index (χ3v) is 3.55. The highest BCUT2D eigenvalue weighted by Gasteiger charge is 2.34. The molecule has 6 nitrogen and oxygen atoms in total. The van der Waals surface area contributed by atoms with Crippen LogP contribution in [0.15, 0.2) is 18.3 Å². The maximum Gasteiger partial charge on any atom is 0.256 e. The SMILES string of the molecule is CNC(=O)[C@H]1CN(C)CCN1C(=O)c1ccc(C)nc1. The minimum Gasteiger partial charge on any atom is -0.357 e. The van der Waals surface area contributed by atoms with Crippen LogP contribution >= 0.6 is 0 Å². The summed E-state index contributed by atoms with van der Waals surface area (Å²) in [5, 5.41) is 2.63. The number of nitrogens with zero attached hydrogens (tertiary/aromatic N) is 3. The number of amides is 2. The molecule has 0 radical (unpaired) electrons. The lowest BCUT2D eigenvalue weighted by Crippen LogP contribution is -2.59. The fourth-order valence-electron chi connectivity index (χ4n) is 2.31. The van der Waals surface area contributed by atoms with Gasteiger partial charge < -0.3 is 15.1 Å². The van der Waals surface area contributed by atoms with E-state index in [-0.39, 0.29) is 11.8 Å². The fraction of sp³-hybridized carbons (Fsp3) is 0.500. The zero-order valence-corrected chi connectivity index (χ0v) is 12.1. The van der Waals surface area contributed by atoms with Gasteiger partial charge in [-0.1, -0.05) is 0 Å². The van der Waals surface area contributed by atoms with Crippen LogP contribution in [0.25, 0.3) is 0 Å². The summed E-state index contributed by atoms with van der Waals surface area (Å²) in [5.41, 5.74) is 1.39. The lowest BCUT2D eigenvalue weighted by atomic mass is 10.1. The van der Waals surface area contributed by atoms with Crippen molar-refractivity contribution in [2.75, 3.05) is 33.7 Å². The minimum absolute atomic E-state index is 0.134. The van der Waals surface area contributed by atoms with E-state index >= 15 is 0 Å². The van der Waals surface area contributed by atoms with E-state index in [0.717, 1.165) is 12.2 Å². The first-order valence-electron chi connectivity index (χ1n) is 6.66. The number of hydrogen-bond donors (Lipinski definition) is 1. The van der Waals surface area contributed by atoms with Crippen molar-refractivity contribution in [3.05, 3.63) is 29.6 Å². The molecule has 0 unspecified atom stereocenters. The van der Waals surface area contributed by atoms with Gasteiger partial charge in [-0.15, -0.1) is 0 Å². The number of hydrogen-bond acceptors (Lipinski definition) is 4. The normalized spacial score (nSPS) is 19.8. The van der Waals surface area contributed by atoms with Crippen LogP contribution in [0.1, 0.15) is 16.1 Å². The van der Waals surface area contributed by atoms with Gasteiger partial charge in [0, 0.05) is 38.6 Å². The van der Waals surface area contributed by atoms with Crippen molar-refractivity contribution >= 4 is 11.8 Å². The number of piperazine rings is 1. The average Bonchev–Trinajstić information content (AvgIpc) is 2.46. The Morgan fingerprint density at radius 2 is 2.10 bits per heavy atom. The summed E-state index contributed by atoms with van der Waals surface area (Å²) in [6, 6.07) is 3.11. The summed E-state index contributed by atoms with van der Waals surface area (Å²) >= 11 is 0. The molecule has 1 fully saturated rings. The number of aromatic nitrogens is 1. The molecule has 1 aromatic rings. The summed E-state index contributed by atoms with van der Waals surface area (Å²) in [6.07, 6.45) is 1.57. The largest absolute Gasteiger partial charge is 0.357 e. The van der Waals surface area contributed by atoms with Crippen LogP contribution in [0, 0.1) is 6.92 Å². The van der Waals surface area contributed by atoms with Crippen molar-refractivity contribution in [2.45, 2.75) is 13.0 Å². The summed E-state index contributed by atoms with van der Waals surface area (Å²) < 4.78 is 0. The van der Waals surface area contributed by atoms with Gasteiger partial charge in [-0.3, -0.25) is 14.6 Å². The Bertz CT molecular complexity index is 500. The smallest absolute Gasteiger partial charge is 0.256 e. The van der Waals surface area contributed by atoms with Crippen molar-refractivity contribution in [3.8, 4) is 0 Å². The van der Waals surface area contributed by atoms with E-state index < -0.39 is 6.04 Å². The highest BCUT2D eigenvalue weighted by molar-refractivity contribution is 5.97. The number of carbonyl (C=O) groups excluding carboxylic acids is 2. The first-order valence-corrected chi connectivity index (χ1v) is 6.66. The lowest BCUT2D eigenvalue weighted by molar-refractivity contribution is -0.126. The van der Waals surface area contributed by atoms with Gasteiger partial charge in [0.05, 0.1) is 5.56 Å². The molecule has 0 bridgehead atoms. The van der Waals surface area contributed by atoms with Gasteiger partial charge in [-0.2, -0.15) is 0 Å². The van der Waals surface area contributed by atoms with E-state index in [4.69, 9.17) is 0 Å². The molecule has 0 spiro atoms. The highest BCUT2D eigenvalue weighted by atomic mass is 16.2. The van der Waals surface area contributed by atoms with E-state index in [1.165, 1.54) is 0 Å². The average molecular weight is 276 g/mol. The second-order valence-electron chi connectivity index (χ2n) is 5.08. The minimum atomic E-state index is -0.451. The Morgan fingerprint density at radius 3 is 2.70 bits per heavy atom. The molecule has 20 heavy (non-hydrogen) atoms. The molecule has 2 rings (SSSR count). The fourth-order valence-corrected chi connectivity index (χ4v) is 2.31. The van der Waals surface area contributed by atoms with Crippen LogP contribution < -0.4 is 5.32 Å². The first kappa shape index (κ1) is 14.5. The van der Waals surface area contributed by atoms with Crippen molar-refractivity contribution < 1.29 is 9.59 Å². The van der Waals surface area contributed by atoms with Gasteiger partial charge in [-0.25, -0.2) is 0 Å². The monoisotopic (exact) mass is 276 g/mol. The second kappa shape index (κ2) is 6.00. The van der Waals surface area contributed by atoms with Gasteiger partial charge in [0.25, 0.3) is 5.91 Å². The number of nitrogens with one attached hydrogen (secondary N) is 1. The molecular formula is C14H20N4O2. The van der Waals surface area contributed by atoms with E-state index in [9.17, 15) is 9.59 Å². The Hall–Kier alpha value is -1.95. The van der Waals surface area contributed by atoms with E-state index in [1.807, 2.05) is 14.0 Å². The van der Waals surface area contributed by atoms with Gasteiger partial charge in [0.15, 0.2) is 0 Å². The standard InChI is InChI=1S/C14H20N4O2/c1-10-4-5-11(8-16-10)14(20)18-7-6-17(3)9-12(18)13(19)15-2/h4-5,8,12H,6-7,9H2,1-3H3,(H,15,19)/t12-/m1/s1. The van der Waals surface area contributed by atoms with Gasteiger partial charge in [-0.05, 0) is 26.1 Å².